The summed E-state index contributed by atoms with van der Waals surface area (Å²) in [7, 11) is -3.37. The molecule has 0 heterocycles. The quantitative estimate of drug-likeness (QED) is 0.494. The van der Waals surface area contributed by atoms with Gasteiger partial charge in [0.2, 0.25) is 0 Å². The molecule has 0 aliphatic rings. The molecule has 2 atom stereocenters. The van der Waals surface area contributed by atoms with E-state index in [9.17, 15) is 18.0 Å². The van der Waals surface area contributed by atoms with Crippen LogP contribution in [0.3, 0.4) is 0 Å². The molecule has 8 nitrogen and oxygen atoms in total. The zero-order chi connectivity index (χ0) is 15.4. The Bertz CT molecular complexity index is 443. The molecule has 0 aromatic rings. The molecule has 0 fully saturated rings. The van der Waals surface area contributed by atoms with Crippen molar-refractivity contribution >= 4 is 21.8 Å². The summed E-state index contributed by atoms with van der Waals surface area (Å²) in [4.78, 5) is 22.2. The van der Waals surface area contributed by atoms with Crippen LogP contribution in [-0.2, 0) is 14.6 Å². The number of hydrogen-bond acceptors (Lipinski definition) is 5. The van der Waals surface area contributed by atoms with Crippen molar-refractivity contribution in [2.24, 2.45) is 0 Å². The fourth-order valence-electron chi connectivity index (χ4n) is 1.01. The Kier molecular flexibility index (Phi) is 5.76. The summed E-state index contributed by atoms with van der Waals surface area (Å²) in [5.74, 6) is -1.38. The summed E-state index contributed by atoms with van der Waals surface area (Å²) < 4.78 is 21.6. The van der Waals surface area contributed by atoms with Gasteiger partial charge in [-0.3, -0.25) is 0 Å². The maximum absolute atomic E-state index is 11.4. The number of amides is 2. The number of carboxylic acid groups (broad SMARTS) is 1. The van der Waals surface area contributed by atoms with E-state index in [1.54, 1.807) is 0 Å². The number of hydrogen-bond donors (Lipinski definition) is 4. The van der Waals surface area contributed by atoms with E-state index in [0.717, 1.165) is 6.26 Å². The topological polar surface area (TPSA) is 133 Å². The monoisotopic (exact) mass is 296 g/mol. The minimum Gasteiger partial charge on any atom is -0.480 e. The number of carbonyl (C=O) groups excluding carboxylic acids is 1. The SMILES string of the molecule is CC(O)C(NC(=O)NCC(C)(C)S(C)(=O)=O)C(=O)O. The van der Waals surface area contributed by atoms with Gasteiger partial charge in [-0.15, -0.1) is 0 Å². The van der Waals surface area contributed by atoms with E-state index in [1.807, 2.05) is 5.32 Å². The second-order valence-corrected chi connectivity index (χ2v) is 7.56. The van der Waals surface area contributed by atoms with Crippen LogP contribution in [0.4, 0.5) is 4.79 Å². The van der Waals surface area contributed by atoms with Crippen molar-refractivity contribution < 1.29 is 28.2 Å². The second kappa shape index (κ2) is 6.20. The van der Waals surface area contributed by atoms with Gasteiger partial charge < -0.3 is 20.8 Å². The molecule has 0 aromatic heterocycles. The Hall–Kier alpha value is -1.35. The van der Waals surface area contributed by atoms with E-state index in [2.05, 4.69) is 5.32 Å². The van der Waals surface area contributed by atoms with Gasteiger partial charge in [-0.1, -0.05) is 0 Å². The molecule has 0 radical (unpaired) electrons. The Morgan fingerprint density at radius 3 is 2.11 bits per heavy atom. The Balaban J connectivity index is 4.54. The molecule has 19 heavy (non-hydrogen) atoms. The molecule has 0 aliphatic heterocycles. The molecular weight excluding hydrogens is 276 g/mol. The Morgan fingerprint density at radius 2 is 1.79 bits per heavy atom. The molecule has 0 aliphatic carbocycles. The highest BCUT2D eigenvalue weighted by Gasteiger charge is 2.31. The van der Waals surface area contributed by atoms with Crippen LogP contribution in [0, 0.1) is 0 Å². The smallest absolute Gasteiger partial charge is 0.328 e. The van der Waals surface area contributed by atoms with Gasteiger partial charge in [-0.05, 0) is 20.8 Å². The van der Waals surface area contributed by atoms with Gasteiger partial charge in [0.15, 0.2) is 15.9 Å². The summed E-state index contributed by atoms with van der Waals surface area (Å²) in [6.07, 6.45) is -0.228. The summed E-state index contributed by atoms with van der Waals surface area (Å²) in [5.41, 5.74) is 0. The molecule has 0 aromatic carbocycles. The van der Waals surface area contributed by atoms with Crippen LogP contribution in [0.25, 0.3) is 0 Å². The van der Waals surface area contributed by atoms with E-state index >= 15 is 0 Å². The zero-order valence-electron chi connectivity index (χ0n) is 11.3. The largest absolute Gasteiger partial charge is 0.480 e. The lowest BCUT2D eigenvalue weighted by Crippen LogP contribution is -2.53. The predicted octanol–water partition coefficient (Wildman–Crippen LogP) is -1.06. The van der Waals surface area contributed by atoms with Crippen molar-refractivity contribution in [1.29, 1.82) is 0 Å². The van der Waals surface area contributed by atoms with E-state index in [-0.39, 0.29) is 6.54 Å². The Labute approximate surface area is 112 Å². The fraction of sp³-hybridized carbons (Fsp3) is 0.800. The van der Waals surface area contributed by atoms with Gasteiger partial charge in [0.25, 0.3) is 0 Å². The highest BCUT2D eigenvalue weighted by Crippen LogP contribution is 2.13. The van der Waals surface area contributed by atoms with Gasteiger partial charge >= 0.3 is 12.0 Å². The van der Waals surface area contributed by atoms with Crippen LogP contribution >= 0.6 is 0 Å². The number of aliphatic hydroxyl groups is 1. The first kappa shape index (κ1) is 17.6. The third-order valence-electron chi connectivity index (χ3n) is 2.71. The van der Waals surface area contributed by atoms with Gasteiger partial charge in [-0.25, -0.2) is 18.0 Å². The number of carbonyl (C=O) groups is 2. The number of urea groups is 1. The number of aliphatic carboxylic acids is 1. The van der Waals surface area contributed by atoms with Crippen molar-refractivity contribution in [3.8, 4) is 0 Å². The summed E-state index contributed by atoms with van der Waals surface area (Å²) in [5, 5.41) is 22.2. The van der Waals surface area contributed by atoms with E-state index < -0.39 is 38.7 Å². The lowest BCUT2D eigenvalue weighted by molar-refractivity contribution is -0.141. The fourth-order valence-corrected chi connectivity index (χ4v) is 1.34. The molecule has 0 saturated carbocycles. The highest BCUT2D eigenvalue weighted by atomic mass is 32.2. The molecule has 2 amide bonds. The molecule has 0 spiro atoms. The average molecular weight is 296 g/mol. The molecule has 4 N–H and O–H groups in total. The lowest BCUT2D eigenvalue weighted by Gasteiger charge is -2.24. The first-order valence-corrected chi connectivity index (χ1v) is 7.42. The maximum Gasteiger partial charge on any atom is 0.328 e. The van der Waals surface area contributed by atoms with Crippen molar-refractivity contribution in [1.82, 2.24) is 10.6 Å². The van der Waals surface area contributed by atoms with Crippen LogP contribution < -0.4 is 10.6 Å². The van der Waals surface area contributed by atoms with Crippen LogP contribution in [-0.4, -0.2) is 60.3 Å². The molecule has 112 valence electrons. The molecular formula is C10H20N2O6S. The van der Waals surface area contributed by atoms with E-state index in [4.69, 9.17) is 10.2 Å². The summed E-state index contributed by atoms with van der Waals surface area (Å²) in [6.45, 7) is 3.92. The normalized spacial score (nSPS) is 15.4. The van der Waals surface area contributed by atoms with Gasteiger partial charge in [0.1, 0.15) is 0 Å². The van der Waals surface area contributed by atoms with Crippen molar-refractivity contribution in [2.75, 3.05) is 12.8 Å². The predicted molar refractivity (Wildman–Crippen MR) is 68.6 cm³/mol. The molecule has 0 saturated heterocycles. The Morgan fingerprint density at radius 1 is 1.32 bits per heavy atom. The first-order chi connectivity index (χ1) is 8.38. The number of rotatable bonds is 6. The minimum absolute atomic E-state index is 0.177. The lowest BCUT2D eigenvalue weighted by atomic mass is 10.2. The number of carboxylic acids is 1. The van der Waals surface area contributed by atoms with Crippen LogP contribution in [0.5, 0.6) is 0 Å². The molecule has 0 rings (SSSR count). The number of nitrogens with one attached hydrogen (secondary N) is 2. The standard InChI is InChI=1S/C10H20N2O6S/c1-6(13)7(8(14)15)12-9(16)11-5-10(2,3)19(4,17)18/h6-7,13H,5H2,1-4H3,(H,14,15)(H2,11,12,16). The number of sulfone groups is 1. The number of aliphatic hydroxyl groups excluding tert-OH is 1. The van der Waals surface area contributed by atoms with Crippen molar-refractivity contribution in [3.05, 3.63) is 0 Å². The second-order valence-electron chi connectivity index (χ2n) is 4.92. The van der Waals surface area contributed by atoms with Crippen LogP contribution in [0.1, 0.15) is 20.8 Å². The maximum atomic E-state index is 11.4. The van der Waals surface area contributed by atoms with Gasteiger partial charge in [0.05, 0.1) is 10.9 Å². The first-order valence-electron chi connectivity index (χ1n) is 5.53. The van der Waals surface area contributed by atoms with Crippen molar-refractivity contribution in [3.63, 3.8) is 0 Å². The van der Waals surface area contributed by atoms with Gasteiger partial charge in [-0.2, -0.15) is 0 Å². The van der Waals surface area contributed by atoms with Crippen molar-refractivity contribution in [2.45, 2.75) is 37.7 Å². The zero-order valence-corrected chi connectivity index (χ0v) is 12.1. The van der Waals surface area contributed by atoms with Gasteiger partial charge in [0, 0.05) is 12.8 Å². The van der Waals surface area contributed by atoms with Crippen LogP contribution in [0.2, 0.25) is 0 Å². The van der Waals surface area contributed by atoms with E-state index in [1.165, 1.54) is 20.8 Å². The third kappa shape index (κ3) is 5.43. The molecule has 0 bridgehead atoms. The minimum atomic E-state index is -3.37. The summed E-state index contributed by atoms with van der Waals surface area (Å²) >= 11 is 0. The average Bonchev–Trinajstić information content (AvgIpc) is 2.20. The van der Waals surface area contributed by atoms with Crippen LogP contribution in [0.15, 0.2) is 0 Å². The molecule has 9 heteroatoms. The molecule has 2 unspecified atom stereocenters. The van der Waals surface area contributed by atoms with E-state index in [0.29, 0.717) is 0 Å². The third-order valence-corrected chi connectivity index (χ3v) is 4.87. The highest BCUT2D eigenvalue weighted by molar-refractivity contribution is 7.92. The summed E-state index contributed by atoms with van der Waals surface area (Å²) in [6, 6.07) is -2.31.